The van der Waals surface area contributed by atoms with E-state index in [1.165, 1.54) is 4.88 Å². The molecule has 1 fully saturated rings. The molecule has 0 spiro atoms. The SMILES string of the molecule is COc1ccc(NC(=O)CN2CCN(Cc3ccc(Cl)s3)CC2)cc1. The summed E-state index contributed by atoms with van der Waals surface area (Å²) >= 11 is 7.62. The van der Waals surface area contributed by atoms with Gasteiger partial charge in [0.15, 0.2) is 0 Å². The number of carbonyl (C=O) groups is 1. The van der Waals surface area contributed by atoms with Crippen LogP contribution in [0.4, 0.5) is 5.69 Å². The second-order valence-electron chi connectivity index (χ2n) is 6.03. The van der Waals surface area contributed by atoms with Gasteiger partial charge in [0.25, 0.3) is 0 Å². The number of hydrogen-bond acceptors (Lipinski definition) is 5. The fourth-order valence-corrected chi connectivity index (χ4v) is 3.97. The van der Waals surface area contributed by atoms with Crippen molar-refractivity contribution in [3.63, 3.8) is 0 Å². The molecule has 1 saturated heterocycles. The highest BCUT2D eigenvalue weighted by atomic mass is 35.5. The van der Waals surface area contributed by atoms with Crippen molar-refractivity contribution in [1.29, 1.82) is 0 Å². The first kappa shape index (κ1) is 18.2. The summed E-state index contributed by atoms with van der Waals surface area (Å²) in [7, 11) is 1.63. The Hall–Kier alpha value is -1.60. The number of benzene rings is 1. The summed E-state index contributed by atoms with van der Waals surface area (Å²) in [5.41, 5.74) is 0.791. The lowest BCUT2D eigenvalue weighted by atomic mass is 10.2. The molecule has 1 N–H and O–H groups in total. The summed E-state index contributed by atoms with van der Waals surface area (Å²) in [5.74, 6) is 0.796. The zero-order valence-corrected chi connectivity index (χ0v) is 15.8. The Labute approximate surface area is 157 Å². The summed E-state index contributed by atoms with van der Waals surface area (Å²) in [6.45, 7) is 5.08. The van der Waals surface area contributed by atoms with Crippen LogP contribution in [-0.2, 0) is 11.3 Å². The number of anilines is 1. The van der Waals surface area contributed by atoms with E-state index in [1.807, 2.05) is 30.3 Å². The third-order valence-electron chi connectivity index (χ3n) is 4.21. The first-order valence-electron chi connectivity index (χ1n) is 8.25. The molecule has 2 aromatic rings. The van der Waals surface area contributed by atoms with Crippen LogP contribution in [-0.4, -0.2) is 55.5 Å². The van der Waals surface area contributed by atoms with Gasteiger partial charge in [0.1, 0.15) is 5.75 Å². The number of piperazine rings is 1. The van der Waals surface area contributed by atoms with Gasteiger partial charge in [-0.05, 0) is 36.4 Å². The third kappa shape index (κ3) is 5.44. The summed E-state index contributed by atoms with van der Waals surface area (Å²) in [6.07, 6.45) is 0. The van der Waals surface area contributed by atoms with Gasteiger partial charge < -0.3 is 10.1 Å². The highest BCUT2D eigenvalue weighted by molar-refractivity contribution is 7.16. The van der Waals surface area contributed by atoms with E-state index in [-0.39, 0.29) is 5.91 Å². The Morgan fingerprint density at radius 2 is 1.80 bits per heavy atom. The van der Waals surface area contributed by atoms with Crippen LogP contribution in [0.2, 0.25) is 4.34 Å². The topological polar surface area (TPSA) is 44.8 Å². The molecule has 1 amide bonds. The molecule has 7 heteroatoms. The van der Waals surface area contributed by atoms with Crippen LogP contribution in [0.3, 0.4) is 0 Å². The number of carbonyl (C=O) groups excluding carboxylic acids is 1. The van der Waals surface area contributed by atoms with Gasteiger partial charge in [-0.15, -0.1) is 11.3 Å². The standard InChI is InChI=1S/C18H22ClN3O2S/c1-24-15-4-2-14(3-5-15)20-18(23)13-22-10-8-21(9-11-22)12-16-6-7-17(19)25-16/h2-7H,8-13H2,1H3,(H,20,23). The molecule has 1 aromatic heterocycles. The van der Waals surface area contributed by atoms with Gasteiger partial charge in [-0.2, -0.15) is 0 Å². The molecule has 5 nitrogen and oxygen atoms in total. The van der Waals surface area contributed by atoms with Crippen molar-refractivity contribution in [2.75, 3.05) is 45.2 Å². The Morgan fingerprint density at radius 1 is 1.12 bits per heavy atom. The molecule has 134 valence electrons. The largest absolute Gasteiger partial charge is 0.497 e. The van der Waals surface area contributed by atoms with Gasteiger partial charge in [0.2, 0.25) is 5.91 Å². The van der Waals surface area contributed by atoms with Gasteiger partial charge in [0, 0.05) is 43.3 Å². The molecule has 1 aliphatic heterocycles. The second-order valence-corrected chi connectivity index (χ2v) is 7.83. The first-order valence-corrected chi connectivity index (χ1v) is 9.44. The number of methoxy groups -OCH3 is 1. The Balaban J connectivity index is 1.41. The zero-order chi connectivity index (χ0) is 17.6. The minimum Gasteiger partial charge on any atom is -0.497 e. The fraction of sp³-hybridized carbons (Fsp3) is 0.389. The normalized spacial score (nSPS) is 15.9. The number of rotatable bonds is 6. The van der Waals surface area contributed by atoms with E-state index in [0.29, 0.717) is 6.54 Å². The minimum atomic E-state index is 0.0173. The van der Waals surface area contributed by atoms with E-state index in [4.69, 9.17) is 16.3 Å². The highest BCUT2D eigenvalue weighted by Crippen LogP contribution is 2.23. The lowest BCUT2D eigenvalue weighted by Crippen LogP contribution is -2.48. The van der Waals surface area contributed by atoms with Crippen LogP contribution >= 0.6 is 22.9 Å². The van der Waals surface area contributed by atoms with Gasteiger partial charge in [-0.1, -0.05) is 11.6 Å². The van der Waals surface area contributed by atoms with E-state index in [9.17, 15) is 4.79 Å². The number of hydrogen-bond donors (Lipinski definition) is 1. The number of nitrogens with zero attached hydrogens (tertiary/aromatic N) is 2. The predicted octanol–water partition coefficient (Wildman–Crippen LogP) is 3.17. The molecule has 25 heavy (non-hydrogen) atoms. The number of thiophene rings is 1. The smallest absolute Gasteiger partial charge is 0.238 e. The molecule has 1 aliphatic rings. The Morgan fingerprint density at radius 3 is 2.40 bits per heavy atom. The maximum absolute atomic E-state index is 12.2. The van der Waals surface area contributed by atoms with Crippen LogP contribution < -0.4 is 10.1 Å². The summed E-state index contributed by atoms with van der Waals surface area (Å²) in [6, 6.07) is 11.4. The molecule has 2 heterocycles. The minimum absolute atomic E-state index is 0.0173. The predicted molar refractivity (Wildman–Crippen MR) is 103 cm³/mol. The lowest BCUT2D eigenvalue weighted by Gasteiger charge is -2.34. The monoisotopic (exact) mass is 379 g/mol. The van der Waals surface area contributed by atoms with Crippen LogP contribution in [0.5, 0.6) is 5.75 Å². The maximum atomic E-state index is 12.2. The van der Waals surface area contributed by atoms with E-state index >= 15 is 0 Å². The number of amides is 1. The van der Waals surface area contributed by atoms with E-state index in [2.05, 4.69) is 21.2 Å². The molecule has 0 radical (unpaired) electrons. The highest BCUT2D eigenvalue weighted by Gasteiger charge is 2.19. The number of halogens is 1. The van der Waals surface area contributed by atoms with Gasteiger partial charge in [0.05, 0.1) is 18.0 Å². The number of ether oxygens (including phenoxy) is 1. The van der Waals surface area contributed by atoms with Crippen LogP contribution in [0.25, 0.3) is 0 Å². The molecular weight excluding hydrogens is 358 g/mol. The maximum Gasteiger partial charge on any atom is 0.238 e. The van der Waals surface area contributed by atoms with E-state index in [1.54, 1.807) is 18.4 Å². The average Bonchev–Trinajstić information content (AvgIpc) is 3.02. The van der Waals surface area contributed by atoms with Crippen LogP contribution in [0.1, 0.15) is 4.88 Å². The van der Waals surface area contributed by atoms with Crippen molar-refractivity contribution < 1.29 is 9.53 Å². The molecule has 0 unspecified atom stereocenters. The average molecular weight is 380 g/mol. The first-order chi connectivity index (χ1) is 12.1. The molecule has 0 aliphatic carbocycles. The molecule has 1 aromatic carbocycles. The zero-order valence-electron chi connectivity index (χ0n) is 14.2. The quantitative estimate of drug-likeness (QED) is 0.837. The second kappa shape index (κ2) is 8.67. The van der Waals surface area contributed by atoms with E-state index < -0.39 is 0 Å². The van der Waals surface area contributed by atoms with Crippen molar-refractivity contribution in [2.24, 2.45) is 0 Å². The third-order valence-corrected chi connectivity index (χ3v) is 5.43. The molecular formula is C18H22ClN3O2S. The molecule has 0 bridgehead atoms. The van der Waals surface area contributed by atoms with Gasteiger partial charge >= 0.3 is 0 Å². The lowest BCUT2D eigenvalue weighted by molar-refractivity contribution is -0.117. The van der Waals surface area contributed by atoms with Crippen molar-refractivity contribution in [2.45, 2.75) is 6.54 Å². The van der Waals surface area contributed by atoms with Crippen molar-refractivity contribution in [3.05, 3.63) is 45.6 Å². The van der Waals surface area contributed by atoms with Crippen molar-refractivity contribution in [3.8, 4) is 5.75 Å². The van der Waals surface area contributed by atoms with Crippen LogP contribution in [0.15, 0.2) is 36.4 Å². The van der Waals surface area contributed by atoms with Gasteiger partial charge in [-0.25, -0.2) is 0 Å². The van der Waals surface area contributed by atoms with Crippen molar-refractivity contribution >= 4 is 34.5 Å². The Bertz CT molecular complexity index is 697. The van der Waals surface area contributed by atoms with Gasteiger partial charge in [-0.3, -0.25) is 14.6 Å². The number of nitrogens with one attached hydrogen (secondary N) is 1. The summed E-state index contributed by atoms with van der Waals surface area (Å²) in [5, 5.41) is 2.93. The molecule has 0 atom stereocenters. The van der Waals surface area contributed by atoms with Crippen molar-refractivity contribution in [1.82, 2.24) is 9.80 Å². The fourth-order valence-electron chi connectivity index (χ4n) is 2.84. The van der Waals surface area contributed by atoms with E-state index in [0.717, 1.165) is 48.5 Å². The Kier molecular flexibility index (Phi) is 6.31. The van der Waals surface area contributed by atoms with Crippen LogP contribution in [0, 0.1) is 0 Å². The molecule has 0 saturated carbocycles. The summed E-state index contributed by atoms with van der Waals surface area (Å²) in [4.78, 5) is 18.1. The summed E-state index contributed by atoms with van der Waals surface area (Å²) < 4.78 is 5.95. The molecule has 3 rings (SSSR count).